The molecule has 0 atom stereocenters. The fraction of sp³-hybridized carbons (Fsp3) is 0.0455. The van der Waals surface area contributed by atoms with E-state index in [0.29, 0.717) is 27.9 Å². The summed E-state index contributed by atoms with van der Waals surface area (Å²) in [5.74, 6) is -2.00. The van der Waals surface area contributed by atoms with E-state index in [-0.39, 0.29) is 5.56 Å². The van der Waals surface area contributed by atoms with Gasteiger partial charge in [-0.05, 0) is 41.5 Å². The minimum atomic E-state index is -1.07. The third-order valence-electron chi connectivity index (χ3n) is 4.16. The summed E-state index contributed by atoms with van der Waals surface area (Å²) in [6.45, 7) is 0. The predicted octanol–water partition coefficient (Wildman–Crippen LogP) is 4.09. The van der Waals surface area contributed by atoms with Crippen molar-refractivity contribution in [2.75, 3.05) is 12.4 Å². The molecule has 6 nitrogen and oxygen atoms in total. The van der Waals surface area contributed by atoms with Crippen LogP contribution in [0, 0.1) is 0 Å². The average Bonchev–Trinajstić information content (AvgIpc) is 2.73. The zero-order valence-corrected chi connectivity index (χ0v) is 15.0. The predicted molar refractivity (Wildman–Crippen MR) is 105 cm³/mol. The highest BCUT2D eigenvalue weighted by molar-refractivity contribution is 6.10. The SMILES string of the molecule is COC(=O)c1cccc(NC(=O)c2ccccc2-c2ccccc2C(=O)O)c1. The number of amides is 1. The lowest BCUT2D eigenvalue weighted by atomic mass is 9.95. The van der Waals surface area contributed by atoms with Crippen LogP contribution in [0.5, 0.6) is 0 Å². The first-order valence-corrected chi connectivity index (χ1v) is 8.42. The molecule has 6 heteroatoms. The normalized spacial score (nSPS) is 10.2. The number of benzene rings is 3. The number of carboxylic acids is 1. The van der Waals surface area contributed by atoms with Gasteiger partial charge < -0.3 is 15.2 Å². The molecule has 0 radical (unpaired) electrons. The molecule has 0 fully saturated rings. The molecular weight excluding hydrogens is 358 g/mol. The Kier molecular flexibility index (Phi) is 5.50. The van der Waals surface area contributed by atoms with Gasteiger partial charge in [0.15, 0.2) is 0 Å². The van der Waals surface area contributed by atoms with Gasteiger partial charge in [0.25, 0.3) is 5.91 Å². The van der Waals surface area contributed by atoms with Gasteiger partial charge in [-0.25, -0.2) is 9.59 Å². The number of rotatable bonds is 5. The van der Waals surface area contributed by atoms with Crippen LogP contribution in [0.4, 0.5) is 5.69 Å². The van der Waals surface area contributed by atoms with E-state index in [9.17, 15) is 19.5 Å². The molecule has 3 aromatic rings. The van der Waals surface area contributed by atoms with Gasteiger partial charge in [0, 0.05) is 11.3 Å². The Morgan fingerprint density at radius 1 is 0.821 bits per heavy atom. The monoisotopic (exact) mass is 375 g/mol. The van der Waals surface area contributed by atoms with E-state index < -0.39 is 17.8 Å². The van der Waals surface area contributed by atoms with Crippen molar-refractivity contribution in [2.24, 2.45) is 0 Å². The van der Waals surface area contributed by atoms with Crippen molar-refractivity contribution in [3.63, 3.8) is 0 Å². The van der Waals surface area contributed by atoms with Gasteiger partial charge in [-0.1, -0.05) is 42.5 Å². The van der Waals surface area contributed by atoms with Crippen LogP contribution in [0.2, 0.25) is 0 Å². The second-order valence-electron chi connectivity index (χ2n) is 5.92. The molecule has 1 amide bonds. The first-order chi connectivity index (χ1) is 13.5. The molecule has 0 saturated heterocycles. The Hall–Kier alpha value is -3.93. The Labute approximate surface area is 161 Å². The lowest BCUT2D eigenvalue weighted by Gasteiger charge is -2.12. The van der Waals surface area contributed by atoms with Gasteiger partial charge in [0.1, 0.15) is 0 Å². The molecule has 0 aliphatic heterocycles. The van der Waals surface area contributed by atoms with Crippen molar-refractivity contribution in [1.82, 2.24) is 0 Å². The number of hydrogen-bond acceptors (Lipinski definition) is 4. The highest BCUT2D eigenvalue weighted by Gasteiger charge is 2.18. The average molecular weight is 375 g/mol. The number of nitrogens with one attached hydrogen (secondary N) is 1. The van der Waals surface area contributed by atoms with Crippen molar-refractivity contribution in [2.45, 2.75) is 0 Å². The van der Waals surface area contributed by atoms with Crippen molar-refractivity contribution < 1.29 is 24.2 Å². The molecule has 0 saturated carbocycles. The van der Waals surface area contributed by atoms with Crippen LogP contribution in [0.15, 0.2) is 72.8 Å². The Morgan fingerprint density at radius 2 is 1.43 bits per heavy atom. The summed E-state index contributed by atoms with van der Waals surface area (Å²) in [4.78, 5) is 36.1. The van der Waals surface area contributed by atoms with Gasteiger partial charge in [0.2, 0.25) is 0 Å². The summed E-state index contributed by atoms with van der Waals surface area (Å²) in [5.41, 5.74) is 2.11. The Balaban J connectivity index is 1.97. The Bertz CT molecular complexity index is 1060. The molecule has 0 aromatic heterocycles. The van der Waals surface area contributed by atoms with Gasteiger partial charge in [-0.15, -0.1) is 0 Å². The first-order valence-electron chi connectivity index (χ1n) is 8.42. The number of ether oxygens (including phenoxy) is 1. The van der Waals surface area contributed by atoms with E-state index in [4.69, 9.17) is 0 Å². The lowest BCUT2D eigenvalue weighted by Crippen LogP contribution is -2.14. The van der Waals surface area contributed by atoms with E-state index in [2.05, 4.69) is 10.1 Å². The minimum absolute atomic E-state index is 0.107. The van der Waals surface area contributed by atoms with Crippen LogP contribution < -0.4 is 5.32 Å². The zero-order chi connectivity index (χ0) is 20.1. The van der Waals surface area contributed by atoms with E-state index >= 15 is 0 Å². The molecule has 2 N–H and O–H groups in total. The van der Waals surface area contributed by atoms with Crippen LogP contribution in [0.25, 0.3) is 11.1 Å². The number of anilines is 1. The summed E-state index contributed by atoms with van der Waals surface area (Å²) >= 11 is 0. The molecule has 0 heterocycles. The second kappa shape index (κ2) is 8.18. The quantitative estimate of drug-likeness (QED) is 0.655. The maximum absolute atomic E-state index is 12.9. The minimum Gasteiger partial charge on any atom is -0.478 e. The number of aromatic carboxylic acids is 1. The molecule has 3 rings (SSSR count). The van der Waals surface area contributed by atoms with Crippen molar-refractivity contribution in [3.8, 4) is 11.1 Å². The Morgan fingerprint density at radius 3 is 2.07 bits per heavy atom. The topological polar surface area (TPSA) is 92.7 Å². The second-order valence-corrected chi connectivity index (χ2v) is 5.92. The largest absolute Gasteiger partial charge is 0.478 e. The van der Waals surface area contributed by atoms with Crippen LogP contribution >= 0.6 is 0 Å². The molecular formula is C22H17NO5. The first kappa shape index (κ1) is 18.8. The van der Waals surface area contributed by atoms with Gasteiger partial charge in [0.05, 0.1) is 18.2 Å². The van der Waals surface area contributed by atoms with Crippen LogP contribution in [0.3, 0.4) is 0 Å². The highest BCUT2D eigenvalue weighted by atomic mass is 16.5. The van der Waals surface area contributed by atoms with E-state index in [0.717, 1.165) is 0 Å². The molecule has 0 unspecified atom stereocenters. The maximum atomic E-state index is 12.9. The summed E-state index contributed by atoms with van der Waals surface area (Å²) < 4.78 is 4.69. The molecule has 0 bridgehead atoms. The third-order valence-corrected chi connectivity index (χ3v) is 4.16. The number of carbonyl (C=O) groups is 3. The van der Waals surface area contributed by atoms with E-state index in [1.165, 1.54) is 19.2 Å². The number of hydrogen-bond donors (Lipinski definition) is 2. The number of carbonyl (C=O) groups excluding carboxylic acids is 2. The zero-order valence-electron chi connectivity index (χ0n) is 15.0. The summed E-state index contributed by atoms with van der Waals surface area (Å²) in [5, 5.41) is 12.2. The van der Waals surface area contributed by atoms with Crippen LogP contribution in [0.1, 0.15) is 31.1 Å². The molecule has 0 aliphatic rings. The fourth-order valence-corrected chi connectivity index (χ4v) is 2.86. The van der Waals surface area contributed by atoms with Gasteiger partial charge >= 0.3 is 11.9 Å². The highest BCUT2D eigenvalue weighted by Crippen LogP contribution is 2.28. The van der Waals surface area contributed by atoms with Gasteiger partial charge in [-0.2, -0.15) is 0 Å². The lowest BCUT2D eigenvalue weighted by molar-refractivity contribution is 0.0599. The van der Waals surface area contributed by atoms with Crippen molar-refractivity contribution in [3.05, 3.63) is 89.5 Å². The van der Waals surface area contributed by atoms with Gasteiger partial charge in [-0.3, -0.25) is 4.79 Å². The number of esters is 1. The van der Waals surface area contributed by atoms with Crippen LogP contribution in [-0.4, -0.2) is 30.1 Å². The molecule has 0 spiro atoms. The molecule has 3 aromatic carbocycles. The molecule has 140 valence electrons. The fourth-order valence-electron chi connectivity index (χ4n) is 2.86. The summed E-state index contributed by atoms with van der Waals surface area (Å²) in [6, 6.07) is 19.6. The molecule has 28 heavy (non-hydrogen) atoms. The maximum Gasteiger partial charge on any atom is 0.337 e. The standard InChI is InChI=1S/C22H17NO5/c1-28-22(27)14-7-6-8-15(13-14)23-20(24)18-11-4-2-9-16(18)17-10-3-5-12-19(17)21(25)26/h2-13H,1H3,(H,23,24)(H,25,26). The van der Waals surface area contributed by atoms with Crippen LogP contribution in [-0.2, 0) is 4.74 Å². The number of methoxy groups -OCH3 is 1. The summed E-state index contributed by atoms with van der Waals surface area (Å²) in [6.07, 6.45) is 0. The van der Waals surface area contributed by atoms with Crippen molar-refractivity contribution in [1.29, 1.82) is 0 Å². The summed E-state index contributed by atoms with van der Waals surface area (Å²) in [7, 11) is 1.28. The number of carboxylic acid groups (broad SMARTS) is 1. The smallest absolute Gasteiger partial charge is 0.337 e. The van der Waals surface area contributed by atoms with Crippen molar-refractivity contribution >= 4 is 23.5 Å². The van der Waals surface area contributed by atoms with E-state index in [1.54, 1.807) is 60.7 Å². The molecule has 0 aliphatic carbocycles. The van der Waals surface area contributed by atoms with E-state index in [1.807, 2.05) is 0 Å². The third kappa shape index (κ3) is 3.91.